The van der Waals surface area contributed by atoms with E-state index in [0.717, 1.165) is 6.04 Å². The van der Waals surface area contributed by atoms with E-state index in [1.54, 1.807) is 0 Å². The van der Waals surface area contributed by atoms with Crippen LogP contribution in [0.25, 0.3) is 0 Å². The SMILES string of the molecule is [CH]1CCC([N+]2(c3ccnnc3)CCCCC2)CC1. The Bertz CT molecular complexity index is 365. The van der Waals surface area contributed by atoms with Crippen molar-refractivity contribution in [2.24, 2.45) is 0 Å². The van der Waals surface area contributed by atoms with Gasteiger partial charge in [-0.3, -0.25) is 4.48 Å². The number of hydrogen-bond donors (Lipinski definition) is 0. The topological polar surface area (TPSA) is 25.8 Å². The van der Waals surface area contributed by atoms with Gasteiger partial charge in [0.2, 0.25) is 0 Å². The second kappa shape index (κ2) is 5.35. The minimum atomic E-state index is 0.805. The quantitative estimate of drug-likeness (QED) is 0.748. The van der Waals surface area contributed by atoms with Crippen molar-refractivity contribution < 1.29 is 0 Å². The van der Waals surface area contributed by atoms with E-state index in [0.29, 0.717) is 0 Å². The highest BCUT2D eigenvalue weighted by Crippen LogP contribution is 2.36. The van der Waals surface area contributed by atoms with E-state index >= 15 is 0 Å². The normalized spacial score (nSPS) is 24.9. The summed E-state index contributed by atoms with van der Waals surface area (Å²) in [4.78, 5) is 0. The molecule has 3 rings (SSSR count). The Hall–Kier alpha value is -0.960. The first-order valence-electron chi connectivity index (χ1n) is 7.37. The van der Waals surface area contributed by atoms with Gasteiger partial charge in [0.1, 0.15) is 6.20 Å². The van der Waals surface area contributed by atoms with Crippen molar-refractivity contribution in [3.8, 4) is 0 Å². The molecule has 2 aliphatic rings. The van der Waals surface area contributed by atoms with Crippen molar-refractivity contribution in [3.05, 3.63) is 24.9 Å². The van der Waals surface area contributed by atoms with Gasteiger partial charge in [0.05, 0.1) is 25.3 Å². The highest BCUT2D eigenvalue weighted by Gasteiger charge is 2.40. The Labute approximate surface area is 110 Å². The van der Waals surface area contributed by atoms with Gasteiger partial charge in [0, 0.05) is 18.9 Å². The van der Waals surface area contributed by atoms with Crippen molar-refractivity contribution in [2.45, 2.75) is 51.0 Å². The third kappa shape index (κ3) is 2.16. The highest BCUT2D eigenvalue weighted by molar-refractivity contribution is 5.40. The first kappa shape index (κ1) is 12.1. The predicted molar refractivity (Wildman–Crippen MR) is 74.0 cm³/mol. The summed E-state index contributed by atoms with van der Waals surface area (Å²) >= 11 is 0. The first-order chi connectivity index (χ1) is 8.92. The molecule has 0 atom stereocenters. The molecule has 1 saturated heterocycles. The molecular weight excluding hydrogens is 222 g/mol. The minimum absolute atomic E-state index is 0.805. The Kier molecular flexibility index (Phi) is 3.59. The Balaban J connectivity index is 1.92. The van der Waals surface area contributed by atoms with Crippen LogP contribution in [0.4, 0.5) is 5.69 Å². The molecule has 97 valence electrons. The molecule has 0 N–H and O–H groups in total. The second-order valence-corrected chi connectivity index (χ2v) is 5.74. The van der Waals surface area contributed by atoms with E-state index in [4.69, 9.17) is 0 Å². The maximum Gasteiger partial charge on any atom is 0.155 e. The summed E-state index contributed by atoms with van der Waals surface area (Å²) in [6.45, 7) is 2.60. The average Bonchev–Trinajstić information content (AvgIpc) is 2.50. The minimum Gasteiger partial charge on any atom is -0.287 e. The van der Waals surface area contributed by atoms with Crippen LogP contribution in [0.2, 0.25) is 0 Å². The fourth-order valence-corrected chi connectivity index (χ4v) is 3.86. The summed E-state index contributed by atoms with van der Waals surface area (Å²) in [6.07, 6.45) is 15.7. The van der Waals surface area contributed by atoms with Crippen LogP contribution in [-0.4, -0.2) is 29.3 Å². The van der Waals surface area contributed by atoms with Crippen LogP contribution in [-0.2, 0) is 0 Å². The maximum atomic E-state index is 4.13. The van der Waals surface area contributed by atoms with Crippen LogP contribution in [0.5, 0.6) is 0 Å². The number of hydrogen-bond acceptors (Lipinski definition) is 2. The molecule has 18 heavy (non-hydrogen) atoms. The number of rotatable bonds is 2. The monoisotopic (exact) mass is 245 g/mol. The van der Waals surface area contributed by atoms with Gasteiger partial charge in [-0.15, -0.1) is 0 Å². The molecule has 1 saturated carbocycles. The average molecular weight is 245 g/mol. The third-order valence-electron chi connectivity index (χ3n) is 4.80. The van der Waals surface area contributed by atoms with Gasteiger partial charge in [-0.25, -0.2) is 0 Å². The lowest BCUT2D eigenvalue weighted by molar-refractivity contribution is 0.141. The molecule has 1 radical (unpaired) electrons. The van der Waals surface area contributed by atoms with Crippen molar-refractivity contribution in [1.82, 2.24) is 14.7 Å². The summed E-state index contributed by atoms with van der Waals surface area (Å²) in [5, 5.41) is 8.08. The highest BCUT2D eigenvalue weighted by atomic mass is 15.4. The van der Waals surface area contributed by atoms with Crippen LogP contribution in [0.1, 0.15) is 44.9 Å². The molecule has 0 spiro atoms. The number of likely N-dealkylation sites (tertiary alicyclic amines) is 1. The molecule has 3 nitrogen and oxygen atoms in total. The summed E-state index contributed by atoms with van der Waals surface area (Å²) in [5.41, 5.74) is 1.40. The predicted octanol–water partition coefficient (Wildman–Crippen LogP) is 3.11. The molecule has 0 amide bonds. The number of nitrogens with zero attached hydrogens (tertiary/aromatic N) is 3. The molecule has 3 heteroatoms. The van der Waals surface area contributed by atoms with Crippen LogP contribution in [0, 0.1) is 6.42 Å². The lowest BCUT2D eigenvalue weighted by Gasteiger charge is -2.47. The van der Waals surface area contributed by atoms with Gasteiger partial charge >= 0.3 is 0 Å². The molecule has 1 aromatic heterocycles. The van der Waals surface area contributed by atoms with Crippen molar-refractivity contribution in [3.63, 3.8) is 0 Å². The van der Waals surface area contributed by atoms with E-state index in [1.807, 2.05) is 12.4 Å². The van der Waals surface area contributed by atoms with Gasteiger partial charge in [0.25, 0.3) is 0 Å². The summed E-state index contributed by atoms with van der Waals surface area (Å²) in [6, 6.07) is 3.00. The van der Waals surface area contributed by atoms with Crippen LogP contribution >= 0.6 is 0 Å². The molecule has 0 bridgehead atoms. The lowest BCUT2D eigenvalue weighted by atomic mass is 9.89. The van der Waals surface area contributed by atoms with Gasteiger partial charge in [-0.2, -0.15) is 10.2 Å². The Morgan fingerprint density at radius 1 is 1.00 bits per heavy atom. The molecule has 0 unspecified atom stereocenters. The van der Waals surface area contributed by atoms with Crippen molar-refractivity contribution >= 4 is 5.69 Å². The molecule has 0 aromatic carbocycles. The summed E-state index contributed by atoms with van der Waals surface area (Å²) in [5.74, 6) is 0. The van der Waals surface area contributed by atoms with Crippen molar-refractivity contribution in [1.29, 1.82) is 0 Å². The molecule has 2 heterocycles. The fraction of sp³-hybridized carbons (Fsp3) is 0.667. The zero-order chi connectivity index (χ0) is 12.3. The van der Waals surface area contributed by atoms with Gasteiger partial charge < -0.3 is 0 Å². The summed E-state index contributed by atoms with van der Waals surface area (Å²) in [7, 11) is 0. The zero-order valence-corrected chi connectivity index (χ0v) is 11.1. The molecule has 2 fully saturated rings. The number of quaternary nitrogens is 1. The zero-order valence-electron chi connectivity index (χ0n) is 11.1. The lowest BCUT2D eigenvalue weighted by Crippen LogP contribution is -2.60. The maximum absolute atomic E-state index is 4.13. The summed E-state index contributed by atoms with van der Waals surface area (Å²) < 4.78 is 1.18. The molecular formula is C15H23N3+. The third-order valence-corrected chi connectivity index (χ3v) is 4.80. The van der Waals surface area contributed by atoms with Gasteiger partial charge in [0.15, 0.2) is 5.69 Å². The van der Waals surface area contributed by atoms with Gasteiger partial charge in [-0.1, -0.05) is 0 Å². The largest absolute Gasteiger partial charge is 0.287 e. The van der Waals surface area contributed by atoms with E-state index in [9.17, 15) is 0 Å². The second-order valence-electron chi connectivity index (χ2n) is 5.74. The van der Waals surface area contributed by atoms with E-state index in [2.05, 4.69) is 22.7 Å². The first-order valence-corrected chi connectivity index (χ1v) is 7.37. The molecule has 1 aliphatic heterocycles. The Morgan fingerprint density at radius 3 is 2.44 bits per heavy atom. The smallest absolute Gasteiger partial charge is 0.155 e. The standard InChI is InChI=1S/C15H23N3/c1-3-7-14(8-4-1)18(11-5-2-6-12-18)15-9-10-16-17-13-15/h1,9-10,13-14H,2-8,11-12H2/q+1. The van der Waals surface area contributed by atoms with E-state index < -0.39 is 0 Å². The van der Waals surface area contributed by atoms with Crippen LogP contribution in [0.15, 0.2) is 18.5 Å². The molecule has 1 aliphatic carbocycles. The van der Waals surface area contributed by atoms with Crippen LogP contribution < -0.4 is 4.48 Å². The van der Waals surface area contributed by atoms with Gasteiger partial charge in [-0.05, 0) is 38.5 Å². The number of aromatic nitrogens is 2. The van der Waals surface area contributed by atoms with E-state index in [-0.39, 0.29) is 0 Å². The Morgan fingerprint density at radius 2 is 1.78 bits per heavy atom. The van der Waals surface area contributed by atoms with Crippen molar-refractivity contribution in [2.75, 3.05) is 13.1 Å². The van der Waals surface area contributed by atoms with Crippen LogP contribution in [0.3, 0.4) is 0 Å². The number of piperidine rings is 1. The molecule has 1 aromatic rings. The fourth-order valence-electron chi connectivity index (χ4n) is 3.86. The van der Waals surface area contributed by atoms with E-state index in [1.165, 1.54) is 68.2 Å².